The second-order valence-electron chi connectivity index (χ2n) is 9.56. The van der Waals surface area contributed by atoms with Gasteiger partial charge in [0.1, 0.15) is 11.8 Å². The highest BCUT2D eigenvalue weighted by Gasteiger charge is 2.16. The van der Waals surface area contributed by atoms with E-state index in [1.165, 1.54) is 0 Å². The van der Waals surface area contributed by atoms with Crippen LogP contribution in [0.5, 0.6) is 0 Å². The fourth-order valence-electron chi connectivity index (χ4n) is 5.02. The average Bonchev–Trinajstić information content (AvgIpc) is 3.57. The third-order valence-electron chi connectivity index (χ3n) is 6.89. The molecule has 1 N–H and O–H groups in total. The number of fused-ring (bicyclic) bond motifs is 4. The largest absolute Gasteiger partial charge is 0.379 e. The van der Waals surface area contributed by atoms with Crippen LogP contribution in [0.2, 0.25) is 0 Å². The van der Waals surface area contributed by atoms with Gasteiger partial charge in [0.25, 0.3) is 0 Å². The normalized spacial score (nSPS) is 15.4. The number of hydrogen-bond donors (Lipinski definition) is 1. The third-order valence-corrected chi connectivity index (χ3v) is 7.84. The lowest BCUT2D eigenvalue weighted by molar-refractivity contribution is 0.0368. The van der Waals surface area contributed by atoms with Gasteiger partial charge < -0.3 is 10.1 Å². The number of nitrogens with one attached hydrogen (secondary N) is 1. The lowest BCUT2D eigenvalue weighted by atomic mass is 10.1. The number of pyridine rings is 3. The van der Waals surface area contributed by atoms with Gasteiger partial charge in [-0.25, -0.2) is 9.97 Å². The smallest absolute Gasteiger partial charge is 0.184 e. The van der Waals surface area contributed by atoms with Crippen molar-refractivity contribution in [1.82, 2.24) is 34.4 Å². The molecule has 1 aliphatic heterocycles. The van der Waals surface area contributed by atoms with Crippen LogP contribution in [-0.2, 0) is 4.74 Å². The number of rotatable bonds is 6. The van der Waals surface area contributed by atoms with Gasteiger partial charge in [0.2, 0.25) is 0 Å². The molecule has 0 aliphatic carbocycles. The summed E-state index contributed by atoms with van der Waals surface area (Å²) in [5.41, 5.74) is 6.59. The zero-order chi connectivity index (χ0) is 25.5. The monoisotopic (exact) mass is 522 g/mol. The highest BCUT2D eigenvalue weighted by Crippen LogP contribution is 2.32. The minimum Gasteiger partial charge on any atom is -0.379 e. The van der Waals surface area contributed by atoms with Gasteiger partial charge >= 0.3 is 0 Å². The fourth-order valence-corrected chi connectivity index (χ4v) is 6.03. The average molecular weight is 523 g/mol. The van der Waals surface area contributed by atoms with Crippen molar-refractivity contribution in [2.75, 3.05) is 38.2 Å². The van der Waals surface area contributed by atoms with Crippen LogP contribution in [0.15, 0.2) is 67.5 Å². The van der Waals surface area contributed by atoms with E-state index in [4.69, 9.17) is 9.72 Å². The third kappa shape index (κ3) is 4.36. The van der Waals surface area contributed by atoms with Crippen LogP contribution in [0.25, 0.3) is 49.1 Å². The van der Waals surface area contributed by atoms with Gasteiger partial charge in [-0.05, 0) is 43.3 Å². The first-order chi connectivity index (χ1) is 18.7. The number of imidazole rings is 1. The number of hydrogen-bond acceptors (Lipinski definition) is 9. The minimum absolute atomic E-state index is 0.299. The van der Waals surface area contributed by atoms with Crippen LogP contribution in [0.3, 0.4) is 0 Å². The molecule has 0 amide bonds. The second-order valence-corrected chi connectivity index (χ2v) is 10.6. The Balaban J connectivity index is 1.23. The first kappa shape index (κ1) is 23.2. The number of thiazole rings is 1. The van der Waals surface area contributed by atoms with E-state index in [-0.39, 0.29) is 0 Å². The molecule has 1 saturated heterocycles. The van der Waals surface area contributed by atoms with Crippen molar-refractivity contribution >= 4 is 48.6 Å². The summed E-state index contributed by atoms with van der Waals surface area (Å²) in [5, 5.41) is 5.54. The molecule has 1 aromatic carbocycles. The van der Waals surface area contributed by atoms with Crippen LogP contribution >= 0.6 is 11.3 Å². The van der Waals surface area contributed by atoms with E-state index in [1.807, 2.05) is 30.9 Å². The van der Waals surface area contributed by atoms with E-state index < -0.39 is 0 Å². The number of morpholine rings is 1. The molecule has 1 unspecified atom stereocenters. The van der Waals surface area contributed by atoms with Crippen molar-refractivity contribution in [3.63, 3.8) is 0 Å². The van der Waals surface area contributed by atoms with E-state index in [0.717, 1.165) is 87.1 Å². The van der Waals surface area contributed by atoms with Crippen molar-refractivity contribution in [2.45, 2.75) is 13.0 Å². The molecule has 0 radical (unpaired) electrons. The minimum atomic E-state index is 0.299. The molecule has 1 atom stereocenters. The van der Waals surface area contributed by atoms with Crippen molar-refractivity contribution in [2.24, 2.45) is 0 Å². The summed E-state index contributed by atoms with van der Waals surface area (Å²) in [6.45, 7) is 6.78. The maximum atomic E-state index is 5.47. The standard InChI is InChI=1S/C28H26N8OS/c1-18(16-35-8-10-37-11-9-35)33-28-34-22-3-2-20(12-26(22)38-28)36-17-32-25-15-31-24-14-30-23(13-21(24)27(25)36)19-4-6-29-7-5-19/h2-7,12-15,17-18H,8-11,16H2,1H3,(H,33,34). The number of benzene rings is 1. The Labute approximate surface area is 223 Å². The van der Waals surface area contributed by atoms with Crippen molar-refractivity contribution < 1.29 is 4.74 Å². The highest BCUT2D eigenvalue weighted by atomic mass is 32.1. The number of anilines is 1. The first-order valence-electron chi connectivity index (χ1n) is 12.7. The molecule has 6 aromatic rings. The van der Waals surface area contributed by atoms with Gasteiger partial charge in [0.15, 0.2) is 5.13 Å². The second kappa shape index (κ2) is 9.71. The molecular weight excluding hydrogens is 496 g/mol. The van der Waals surface area contributed by atoms with E-state index in [9.17, 15) is 0 Å². The van der Waals surface area contributed by atoms with E-state index >= 15 is 0 Å². The molecule has 10 heteroatoms. The van der Waals surface area contributed by atoms with E-state index in [2.05, 4.69) is 65.9 Å². The van der Waals surface area contributed by atoms with Crippen molar-refractivity contribution in [1.29, 1.82) is 0 Å². The van der Waals surface area contributed by atoms with Crippen LogP contribution < -0.4 is 5.32 Å². The van der Waals surface area contributed by atoms with Crippen molar-refractivity contribution in [3.05, 3.63) is 67.5 Å². The van der Waals surface area contributed by atoms with Gasteiger partial charge in [-0.1, -0.05) is 11.3 Å². The molecule has 9 nitrogen and oxygen atoms in total. The molecule has 0 saturated carbocycles. The van der Waals surface area contributed by atoms with Crippen LogP contribution in [0.1, 0.15) is 6.92 Å². The summed E-state index contributed by atoms with van der Waals surface area (Å²) >= 11 is 1.68. The van der Waals surface area contributed by atoms with Crippen LogP contribution in [0.4, 0.5) is 5.13 Å². The summed E-state index contributed by atoms with van der Waals surface area (Å²) in [4.78, 5) is 25.3. The zero-order valence-corrected chi connectivity index (χ0v) is 21.7. The first-order valence-corrected chi connectivity index (χ1v) is 13.5. The molecule has 190 valence electrons. The predicted octanol–water partition coefficient (Wildman–Crippen LogP) is 4.77. The Morgan fingerprint density at radius 1 is 0.974 bits per heavy atom. The summed E-state index contributed by atoms with van der Waals surface area (Å²) in [6.07, 6.45) is 9.06. The molecule has 1 aliphatic rings. The van der Waals surface area contributed by atoms with Crippen LogP contribution in [0, 0.1) is 0 Å². The maximum absolute atomic E-state index is 5.47. The van der Waals surface area contributed by atoms with Gasteiger partial charge in [-0.2, -0.15) is 0 Å². The van der Waals surface area contributed by atoms with Crippen molar-refractivity contribution in [3.8, 4) is 16.9 Å². The predicted molar refractivity (Wildman–Crippen MR) is 151 cm³/mol. The number of aromatic nitrogens is 6. The van der Waals surface area contributed by atoms with Crippen LogP contribution in [-0.4, -0.2) is 73.3 Å². The number of nitrogens with zero attached hydrogens (tertiary/aromatic N) is 7. The van der Waals surface area contributed by atoms with Gasteiger partial charge in [-0.15, -0.1) is 0 Å². The van der Waals surface area contributed by atoms with Gasteiger partial charge in [-0.3, -0.25) is 24.4 Å². The Kier molecular flexibility index (Phi) is 5.92. The molecule has 0 spiro atoms. The SMILES string of the molecule is CC(CN1CCOCC1)Nc1nc2ccc(-n3cnc4cnc5cnc(-c6ccncc6)cc5c43)cc2s1. The van der Waals surface area contributed by atoms with Gasteiger partial charge in [0.05, 0.1) is 52.6 Å². The maximum Gasteiger partial charge on any atom is 0.184 e. The molecule has 6 heterocycles. The number of ether oxygens (including phenoxy) is 1. The summed E-state index contributed by atoms with van der Waals surface area (Å²) < 4.78 is 8.73. The fraction of sp³-hybridized carbons (Fsp3) is 0.250. The Bertz CT molecular complexity index is 1740. The quantitative estimate of drug-likeness (QED) is 0.334. The lowest BCUT2D eigenvalue weighted by Crippen LogP contribution is -2.42. The molecule has 38 heavy (non-hydrogen) atoms. The topological polar surface area (TPSA) is 93.9 Å². The van der Waals surface area contributed by atoms with Gasteiger partial charge in [0, 0.05) is 54.7 Å². The highest BCUT2D eigenvalue weighted by molar-refractivity contribution is 7.22. The summed E-state index contributed by atoms with van der Waals surface area (Å²) in [7, 11) is 0. The molecular formula is C28H26N8OS. The summed E-state index contributed by atoms with van der Waals surface area (Å²) in [6, 6.07) is 12.7. The Morgan fingerprint density at radius 2 is 1.82 bits per heavy atom. The lowest BCUT2D eigenvalue weighted by Gasteiger charge is -2.29. The van der Waals surface area contributed by atoms with E-state index in [0.29, 0.717) is 6.04 Å². The molecule has 5 aromatic heterocycles. The van der Waals surface area contributed by atoms with E-state index in [1.54, 1.807) is 23.7 Å². The molecule has 7 rings (SSSR count). The molecule has 0 bridgehead atoms. The zero-order valence-electron chi connectivity index (χ0n) is 20.9. The molecule has 1 fully saturated rings. The Morgan fingerprint density at radius 3 is 2.68 bits per heavy atom. The Hall–Kier alpha value is -3.99. The summed E-state index contributed by atoms with van der Waals surface area (Å²) in [5.74, 6) is 0.